The molecule has 8 heteroatoms. The Kier molecular flexibility index (Phi) is 18.1. The highest BCUT2D eigenvalue weighted by molar-refractivity contribution is 5.70. The molecule has 1 aromatic heterocycles. The molecule has 0 aliphatic carbocycles. The molecule has 230 valence electrons. The van der Waals surface area contributed by atoms with Gasteiger partial charge in [0.15, 0.2) is 0 Å². The minimum Gasteiger partial charge on any atom is -0.295 e. The van der Waals surface area contributed by atoms with Crippen molar-refractivity contribution in [3.05, 3.63) is 58.7 Å². The third kappa shape index (κ3) is 13.3. The van der Waals surface area contributed by atoms with Gasteiger partial charge in [-0.2, -0.15) is 18.2 Å². The lowest BCUT2D eigenvalue weighted by molar-refractivity contribution is -0.142. The lowest BCUT2D eigenvalue weighted by Gasteiger charge is -2.20. The number of hydrogen-bond donors (Lipinski definition) is 0. The molecule has 1 aliphatic rings. The lowest BCUT2D eigenvalue weighted by Crippen LogP contribution is -2.36. The van der Waals surface area contributed by atoms with Gasteiger partial charge in [0.2, 0.25) is 0 Å². The van der Waals surface area contributed by atoms with Crippen LogP contribution in [0.15, 0.2) is 41.6 Å². The smallest absolute Gasteiger partial charge is 0.295 e. The van der Waals surface area contributed by atoms with Crippen molar-refractivity contribution in [2.45, 2.75) is 105 Å². The predicted molar refractivity (Wildman–Crippen MR) is 166 cm³/mol. The average Bonchev–Trinajstić information content (AvgIpc) is 2.98. The molecule has 2 heterocycles. The van der Waals surface area contributed by atoms with Crippen molar-refractivity contribution in [1.82, 2.24) is 15.0 Å². The predicted octanol–water partition coefficient (Wildman–Crippen LogP) is 7.62. The van der Waals surface area contributed by atoms with E-state index in [1.54, 1.807) is 0 Å². The largest absolute Gasteiger partial charge is 0.432 e. The van der Waals surface area contributed by atoms with Crippen LogP contribution >= 0.6 is 0 Å². The van der Waals surface area contributed by atoms with Gasteiger partial charge in [-0.1, -0.05) is 77.8 Å². The quantitative estimate of drug-likeness (QED) is 0.115. The van der Waals surface area contributed by atoms with Crippen LogP contribution in [0.2, 0.25) is 0 Å². The maximum Gasteiger partial charge on any atom is 0.432 e. The third-order valence-electron chi connectivity index (χ3n) is 6.67. The van der Waals surface area contributed by atoms with E-state index in [-0.39, 0.29) is 12.3 Å². The number of alkyl halides is 3. The normalized spacial score (nSPS) is 17.1. The second-order valence-corrected chi connectivity index (χ2v) is 9.86. The average molecular weight is 577 g/mol. The van der Waals surface area contributed by atoms with Gasteiger partial charge in [0, 0.05) is 25.2 Å². The van der Waals surface area contributed by atoms with Crippen LogP contribution in [0, 0.1) is 5.92 Å². The van der Waals surface area contributed by atoms with E-state index in [0.29, 0.717) is 23.6 Å². The number of hydroxylamine groups is 2. The maximum atomic E-state index is 13.1. The van der Waals surface area contributed by atoms with Crippen molar-refractivity contribution in [2.75, 3.05) is 19.7 Å². The Morgan fingerprint density at radius 2 is 1.90 bits per heavy atom. The Balaban J connectivity index is 0.00000411. The van der Waals surface area contributed by atoms with Crippen LogP contribution < -0.4 is 10.7 Å². The fourth-order valence-electron chi connectivity index (χ4n) is 4.31. The van der Waals surface area contributed by atoms with E-state index >= 15 is 0 Å². The van der Waals surface area contributed by atoms with Gasteiger partial charge in [0.25, 0.3) is 0 Å². The third-order valence-corrected chi connectivity index (χ3v) is 6.67. The number of unbranched alkanes of at least 4 members (excludes halogenated alkanes) is 3. The number of rotatable bonds is 16. The van der Waals surface area contributed by atoms with Gasteiger partial charge in [0.05, 0.1) is 28.7 Å². The van der Waals surface area contributed by atoms with Crippen molar-refractivity contribution in [3.63, 3.8) is 0 Å². The minimum atomic E-state index is -4.44. The van der Waals surface area contributed by atoms with E-state index in [4.69, 9.17) is 14.8 Å². The molecule has 0 radical (unpaired) electrons. The highest BCUT2D eigenvalue weighted by Crippen LogP contribution is 2.32. The number of allylic oxidation sites excluding steroid dienone is 5. The van der Waals surface area contributed by atoms with Gasteiger partial charge in [-0.25, -0.2) is 9.97 Å². The van der Waals surface area contributed by atoms with Gasteiger partial charge >= 0.3 is 6.18 Å². The molecule has 0 saturated heterocycles. The molecule has 0 fully saturated rings. The zero-order valence-corrected chi connectivity index (χ0v) is 26.0. The monoisotopic (exact) mass is 576 g/mol. The lowest BCUT2D eigenvalue weighted by atomic mass is 9.95. The zero-order valence-electron chi connectivity index (χ0n) is 26.0. The van der Waals surface area contributed by atoms with E-state index in [9.17, 15) is 13.2 Å². The van der Waals surface area contributed by atoms with E-state index in [0.717, 1.165) is 75.2 Å². The van der Waals surface area contributed by atoms with Gasteiger partial charge in [-0.3, -0.25) is 9.83 Å². The first-order chi connectivity index (χ1) is 19.7. The Morgan fingerprint density at radius 3 is 2.49 bits per heavy atom. The molecule has 0 amide bonds. The van der Waals surface area contributed by atoms with Crippen LogP contribution in [0.25, 0.3) is 12.2 Å². The fraction of sp³-hybridized carbons (Fsp3) is 0.606. The number of aryl methyl sites for hydroxylation is 1. The summed E-state index contributed by atoms with van der Waals surface area (Å²) in [7, 11) is 0. The molecule has 2 atom stereocenters. The summed E-state index contributed by atoms with van der Waals surface area (Å²) in [5, 5.41) is 3.40. The summed E-state index contributed by atoms with van der Waals surface area (Å²) in [6.45, 7) is 18.0. The summed E-state index contributed by atoms with van der Waals surface area (Å²) >= 11 is 0. The molecule has 0 N–H and O–H groups in total. The van der Waals surface area contributed by atoms with Crippen molar-refractivity contribution >= 4 is 18.4 Å². The molecule has 0 saturated carbocycles. The van der Waals surface area contributed by atoms with Crippen LogP contribution in [0.3, 0.4) is 0 Å². The zero-order chi connectivity index (χ0) is 30.7. The van der Waals surface area contributed by atoms with Crippen LogP contribution in [-0.4, -0.2) is 47.1 Å². The highest BCUT2D eigenvalue weighted by atomic mass is 19.4. The fourth-order valence-corrected chi connectivity index (χ4v) is 4.31. The first kappa shape index (κ1) is 36.4. The molecule has 2 rings (SSSR count). The summed E-state index contributed by atoms with van der Waals surface area (Å²) in [4.78, 5) is 19.5. The summed E-state index contributed by atoms with van der Waals surface area (Å²) in [5.74, 6) is 0.139. The van der Waals surface area contributed by atoms with E-state index in [2.05, 4.69) is 44.5 Å². The van der Waals surface area contributed by atoms with Crippen LogP contribution in [0.4, 0.5) is 13.2 Å². The number of aliphatic imine (C=N–C) groups is 1. The Morgan fingerprint density at radius 1 is 1.15 bits per heavy atom. The first-order valence-electron chi connectivity index (χ1n) is 15.2. The number of halogens is 3. The SMILES string of the molecule is C=CCC/C=C/C(C)CCN(CC)OC/C=c1/nc(CCCCC)c(C2C=NC(C(F)(F)F)=CC2)n/c1=C/C.CC. The standard InChI is InChI=1S/C31H45F3N4O.C2H6/c1-6-10-12-14-15-24(5)19-21-38(9-4)39-22-20-27-26(8-3)37-30(28(36-27)16-13-11-7-2)25-17-18-29(35-23-25)31(32,33)34;1-2/h6,8,14-15,18,20,23-25H,1,7,9-13,16-17,19,21-22H2,2-5H3;1-2H3/b15-14+,26-8+,27-20+;. The Bertz CT molecular complexity index is 1110. The molecule has 0 aromatic carbocycles. The van der Waals surface area contributed by atoms with Crippen molar-refractivity contribution in [3.8, 4) is 0 Å². The molecule has 2 unspecified atom stereocenters. The van der Waals surface area contributed by atoms with E-state index < -0.39 is 11.9 Å². The highest BCUT2D eigenvalue weighted by Gasteiger charge is 2.35. The summed E-state index contributed by atoms with van der Waals surface area (Å²) in [6, 6.07) is 0. The summed E-state index contributed by atoms with van der Waals surface area (Å²) in [5.41, 5.74) is 0.691. The number of nitrogens with zero attached hydrogens (tertiary/aromatic N) is 4. The molecule has 0 spiro atoms. The van der Waals surface area contributed by atoms with Crippen LogP contribution in [0.1, 0.15) is 104 Å². The minimum absolute atomic E-state index is 0.205. The van der Waals surface area contributed by atoms with Crippen molar-refractivity contribution in [1.29, 1.82) is 0 Å². The molecule has 1 aliphatic heterocycles. The van der Waals surface area contributed by atoms with Crippen LogP contribution in [0.5, 0.6) is 0 Å². The molecular weight excluding hydrogens is 525 g/mol. The maximum absolute atomic E-state index is 13.1. The summed E-state index contributed by atoms with van der Waals surface area (Å²) in [6.07, 6.45) is 15.3. The van der Waals surface area contributed by atoms with Gasteiger partial charge < -0.3 is 0 Å². The van der Waals surface area contributed by atoms with Gasteiger partial charge in [-0.05, 0) is 57.4 Å². The Hall–Kier alpha value is -2.58. The number of hydrogen-bond acceptors (Lipinski definition) is 5. The molecule has 0 bridgehead atoms. The van der Waals surface area contributed by atoms with Gasteiger partial charge in [0.1, 0.15) is 5.70 Å². The first-order valence-corrected chi connectivity index (χ1v) is 15.2. The molecule has 41 heavy (non-hydrogen) atoms. The topological polar surface area (TPSA) is 50.6 Å². The van der Waals surface area contributed by atoms with E-state index in [1.165, 1.54) is 6.21 Å². The van der Waals surface area contributed by atoms with Crippen LogP contribution in [-0.2, 0) is 11.3 Å². The summed E-state index contributed by atoms with van der Waals surface area (Å²) < 4.78 is 39.2. The Labute approximate surface area is 245 Å². The molecular formula is C33H51F3N4O. The molecule has 1 aromatic rings. The van der Waals surface area contributed by atoms with Crippen molar-refractivity contribution < 1.29 is 18.0 Å². The van der Waals surface area contributed by atoms with Gasteiger partial charge in [-0.15, -0.1) is 6.58 Å². The second-order valence-electron chi connectivity index (χ2n) is 9.86. The van der Waals surface area contributed by atoms with E-state index in [1.807, 2.05) is 44.1 Å². The van der Waals surface area contributed by atoms with Crippen molar-refractivity contribution in [2.24, 2.45) is 10.9 Å². The molecule has 5 nitrogen and oxygen atoms in total. The second kappa shape index (κ2) is 20.3. The number of aromatic nitrogens is 2.